The number of hydrogen-bond donors (Lipinski definition) is 2. The van der Waals surface area contributed by atoms with Crippen LogP contribution in [-0.4, -0.2) is 30.4 Å². The van der Waals surface area contributed by atoms with Crippen LogP contribution in [0.1, 0.15) is 19.4 Å². The number of nitrogens with two attached hydrogens (primary N) is 1. The average molecular weight is 288 g/mol. The molecule has 0 aromatic heterocycles. The Balaban J connectivity index is 2.38. The van der Waals surface area contributed by atoms with E-state index >= 15 is 0 Å². The Morgan fingerprint density at radius 2 is 1.95 bits per heavy atom. The molecule has 5 heteroatoms. The summed E-state index contributed by atoms with van der Waals surface area (Å²) in [5, 5.41) is 13.8. The molecule has 0 aliphatic carbocycles. The van der Waals surface area contributed by atoms with E-state index in [0.29, 0.717) is 18.8 Å². The smallest absolute Gasteiger partial charge is 0.170 e. The maximum atomic E-state index is 8.87. The monoisotopic (exact) mass is 288 g/mol. The van der Waals surface area contributed by atoms with Gasteiger partial charge in [0, 0.05) is 17.6 Å². The molecule has 3 N–H and O–H groups in total. The fourth-order valence-corrected chi connectivity index (χ4v) is 2.19. The molecule has 0 heterocycles. The van der Waals surface area contributed by atoms with Crippen molar-refractivity contribution in [3.63, 3.8) is 0 Å². The number of fused-ring (bicyclic) bond motifs is 1. The van der Waals surface area contributed by atoms with Gasteiger partial charge in [0.15, 0.2) is 5.84 Å². The third kappa shape index (κ3) is 3.44. The predicted molar refractivity (Wildman–Crippen MR) is 83.0 cm³/mol. The van der Waals surface area contributed by atoms with Gasteiger partial charge < -0.3 is 20.4 Å². The summed E-state index contributed by atoms with van der Waals surface area (Å²) < 4.78 is 11.3. The fourth-order valence-electron chi connectivity index (χ4n) is 2.19. The van der Waals surface area contributed by atoms with Crippen molar-refractivity contribution in [2.45, 2.75) is 20.0 Å². The van der Waals surface area contributed by atoms with E-state index in [1.165, 1.54) is 0 Å². The van der Waals surface area contributed by atoms with Crippen LogP contribution in [0.5, 0.6) is 5.75 Å². The second-order valence-electron chi connectivity index (χ2n) is 4.73. The zero-order valence-corrected chi connectivity index (χ0v) is 12.2. The molecule has 112 valence electrons. The highest BCUT2D eigenvalue weighted by Gasteiger charge is 2.12. The van der Waals surface area contributed by atoms with Crippen LogP contribution in [0.25, 0.3) is 10.8 Å². The molecule has 0 fully saturated rings. The van der Waals surface area contributed by atoms with E-state index in [-0.39, 0.29) is 11.9 Å². The molecule has 0 saturated heterocycles. The van der Waals surface area contributed by atoms with Crippen LogP contribution in [0.15, 0.2) is 41.6 Å². The molecule has 0 aliphatic rings. The number of hydrogen-bond acceptors (Lipinski definition) is 4. The highest BCUT2D eigenvalue weighted by atomic mass is 16.5. The van der Waals surface area contributed by atoms with Crippen LogP contribution in [0.4, 0.5) is 0 Å². The maximum Gasteiger partial charge on any atom is 0.170 e. The third-order valence-electron chi connectivity index (χ3n) is 3.15. The first-order valence-electron chi connectivity index (χ1n) is 6.91. The Morgan fingerprint density at radius 1 is 1.24 bits per heavy atom. The molecule has 0 spiro atoms. The molecular weight excluding hydrogens is 268 g/mol. The minimum Gasteiger partial charge on any atom is -0.488 e. The first kappa shape index (κ1) is 15.1. The fraction of sp³-hybridized carbons (Fsp3) is 0.312. The summed E-state index contributed by atoms with van der Waals surface area (Å²) >= 11 is 0. The Hall–Kier alpha value is -2.27. The van der Waals surface area contributed by atoms with E-state index in [4.69, 9.17) is 20.4 Å². The molecule has 0 aliphatic heterocycles. The largest absolute Gasteiger partial charge is 0.488 e. The lowest BCUT2D eigenvalue weighted by atomic mass is 10.0. The molecule has 21 heavy (non-hydrogen) atoms. The van der Waals surface area contributed by atoms with E-state index in [1.54, 1.807) is 6.07 Å². The average Bonchev–Trinajstić information content (AvgIpc) is 2.52. The lowest BCUT2D eigenvalue weighted by molar-refractivity contribution is 0.0665. The van der Waals surface area contributed by atoms with E-state index in [0.717, 1.165) is 16.5 Å². The first-order chi connectivity index (χ1) is 10.2. The summed E-state index contributed by atoms with van der Waals surface area (Å²) in [6, 6.07) is 11.3. The Kier molecular flexibility index (Phi) is 5.00. The molecule has 0 saturated carbocycles. The van der Waals surface area contributed by atoms with Gasteiger partial charge in [-0.1, -0.05) is 29.4 Å². The molecule has 2 aromatic rings. The van der Waals surface area contributed by atoms with Gasteiger partial charge in [0.2, 0.25) is 0 Å². The summed E-state index contributed by atoms with van der Waals surface area (Å²) in [6.45, 7) is 5.11. The highest BCUT2D eigenvalue weighted by Crippen LogP contribution is 2.29. The van der Waals surface area contributed by atoms with Gasteiger partial charge in [-0.2, -0.15) is 0 Å². The topological polar surface area (TPSA) is 77.1 Å². The zero-order chi connectivity index (χ0) is 15.2. The number of amidine groups is 1. The van der Waals surface area contributed by atoms with Gasteiger partial charge in [-0.05, 0) is 31.4 Å². The summed E-state index contributed by atoms with van der Waals surface area (Å²) in [4.78, 5) is 0. The molecule has 0 radical (unpaired) electrons. The van der Waals surface area contributed by atoms with Gasteiger partial charge in [0.05, 0.1) is 6.61 Å². The van der Waals surface area contributed by atoms with Crippen LogP contribution in [-0.2, 0) is 4.74 Å². The highest BCUT2D eigenvalue weighted by molar-refractivity contribution is 6.10. The van der Waals surface area contributed by atoms with E-state index in [9.17, 15) is 0 Å². The number of rotatable bonds is 6. The number of oxime groups is 1. The lowest BCUT2D eigenvalue weighted by Crippen LogP contribution is -2.19. The van der Waals surface area contributed by atoms with Crippen LogP contribution in [0.2, 0.25) is 0 Å². The van der Waals surface area contributed by atoms with Crippen LogP contribution in [0.3, 0.4) is 0 Å². The second kappa shape index (κ2) is 6.95. The SMILES string of the molecule is CCOCC(C)Oc1ccc(/C(N)=N/O)c2ccccc12. The van der Waals surface area contributed by atoms with Crippen LogP contribution in [0, 0.1) is 0 Å². The Labute approximate surface area is 124 Å². The Bertz CT molecular complexity index is 640. The van der Waals surface area contributed by atoms with Gasteiger partial charge in [0.25, 0.3) is 0 Å². The normalized spacial score (nSPS) is 13.3. The minimum absolute atomic E-state index is 0.0527. The first-order valence-corrected chi connectivity index (χ1v) is 6.91. The van der Waals surface area contributed by atoms with Crippen molar-refractivity contribution in [3.05, 3.63) is 42.0 Å². The minimum atomic E-state index is -0.0527. The summed E-state index contributed by atoms with van der Waals surface area (Å²) in [5.41, 5.74) is 6.40. The third-order valence-corrected chi connectivity index (χ3v) is 3.15. The molecule has 1 atom stereocenters. The summed E-state index contributed by atoms with van der Waals surface area (Å²) in [7, 11) is 0. The molecule has 5 nitrogen and oxygen atoms in total. The number of nitrogens with zero attached hydrogens (tertiary/aromatic N) is 1. The van der Waals surface area contributed by atoms with Gasteiger partial charge in [-0.25, -0.2) is 0 Å². The predicted octanol–water partition coefficient (Wildman–Crippen LogP) is 2.74. The molecular formula is C16H20N2O3. The molecule has 2 rings (SSSR count). The number of ether oxygens (including phenoxy) is 2. The van der Waals surface area contributed by atoms with Crippen molar-refractivity contribution in [2.24, 2.45) is 10.9 Å². The molecule has 0 amide bonds. The van der Waals surface area contributed by atoms with E-state index < -0.39 is 0 Å². The Morgan fingerprint density at radius 3 is 2.62 bits per heavy atom. The molecule has 2 aromatic carbocycles. The van der Waals surface area contributed by atoms with Crippen LogP contribution < -0.4 is 10.5 Å². The van der Waals surface area contributed by atoms with Crippen molar-refractivity contribution in [1.82, 2.24) is 0 Å². The van der Waals surface area contributed by atoms with Crippen molar-refractivity contribution in [1.29, 1.82) is 0 Å². The van der Waals surface area contributed by atoms with Crippen molar-refractivity contribution >= 4 is 16.6 Å². The van der Waals surface area contributed by atoms with E-state index in [2.05, 4.69) is 5.16 Å². The second-order valence-corrected chi connectivity index (χ2v) is 4.73. The maximum absolute atomic E-state index is 8.87. The van der Waals surface area contributed by atoms with Crippen molar-refractivity contribution in [3.8, 4) is 5.75 Å². The van der Waals surface area contributed by atoms with Crippen LogP contribution >= 0.6 is 0 Å². The zero-order valence-electron chi connectivity index (χ0n) is 12.2. The molecule has 1 unspecified atom stereocenters. The quantitative estimate of drug-likeness (QED) is 0.371. The molecule has 0 bridgehead atoms. The van der Waals surface area contributed by atoms with Gasteiger partial charge in [-0.15, -0.1) is 0 Å². The number of benzene rings is 2. The van der Waals surface area contributed by atoms with Crippen molar-refractivity contribution < 1.29 is 14.7 Å². The van der Waals surface area contributed by atoms with Gasteiger partial charge >= 0.3 is 0 Å². The van der Waals surface area contributed by atoms with Gasteiger partial charge in [-0.3, -0.25) is 0 Å². The summed E-state index contributed by atoms with van der Waals surface area (Å²) in [6.07, 6.45) is -0.0527. The van der Waals surface area contributed by atoms with Gasteiger partial charge in [0.1, 0.15) is 11.9 Å². The summed E-state index contributed by atoms with van der Waals surface area (Å²) in [5.74, 6) is 0.840. The lowest BCUT2D eigenvalue weighted by Gasteiger charge is -2.17. The van der Waals surface area contributed by atoms with Crippen molar-refractivity contribution in [2.75, 3.05) is 13.2 Å². The standard InChI is InChI=1S/C16H20N2O3/c1-3-20-10-11(2)21-15-9-8-14(16(17)18-19)12-6-4-5-7-13(12)15/h4-9,11,19H,3,10H2,1-2H3,(H2,17,18). The van der Waals surface area contributed by atoms with E-state index in [1.807, 2.05) is 44.2 Å².